The molecule has 0 aliphatic carbocycles. The molecule has 0 amide bonds. The highest BCUT2D eigenvalue weighted by atomic mass is 32.2. The van der Waals surface area contributed by atoms with Crippen molar-refractivity contribution < 1.29 is 36.2 Å². The number of rotatable bonds is 9. The molecule has 3 aliphatic heterocycles. The van der Waals surface area contributed by atoms with Gasteiger partial charge in [0, 0.05) is 38.4 Å². The summed E-state index contributed by atoms with van der Waals surface area (Å²) < 4.78 is 68.6. The maximum Gasteiger partial charge on any atom is 0.243 e. The van der Waals surface area contributed by atoms with Gasteiger partial charge in [0.15, 0.2) is 9.84 Å². The number of piperidine rings is 1. The summed E-state index contributed by atoms with van der Waals surface area (Å²) in [5.41, 5.74) is 0.561. The molecule has 0 radical (unpaired) electrons. The van der Waals surface area contributed by atoms with Gasteiger partial charge in [-0.25, -0.2) is 16.8 Å². The van der Waals surface area contributed by atoms with Gasteiger partial charge in [-0.15, -0.1) is 0 Å². The van der Waals surface area contributed by atoms with E-state index in [-0.39, 0.29) is 23.1 Å². The molecule has 12 heteroatoms. The number of hydrogen-bond donors (Lipinski definition) is 2. The molecule has 2 N–H and O–H groups in total. The van der Waals surface area contributed by atoms with Gasteiger partial charge >= 0.3 is 0 Å². The van der Waals surface area contributed by atoms with Crippen LogP contribution < -0.4 is 14.8 Å². The number of nitrogens with one attached hydrogen (secondary N) is 1. The largest absolute Gasteiger partial charge is 0.493 e. The minimum absolute atomic E-state index is 0.0145. The molecule has 38 heavy (non-hydrogen) atoms. The van der Waals surface area contributed by atoms with E-state index < -0.39 is 26.0 Å². The highest BCUT2D eigenvalue weighted by molar-refractivity contribution is 7.90. The van der Waals surface area contributed by atoms with Crippen LogP contribution in [0.2, 0.25) is 0 Å². The third kappa shape index (κ3) is 6.00. The maximum atomic E-state index is 13.2. The average Bonchev–Trinajstić information content (AvgIpc) is 3.53. The fraction of sp³-hybridized carbons (Fsp3) is 0.538. The molecular formula is C26H34N2O8S2. The lowest BCUT2D eigenvalue weighted by Gasteiger charge is -2.38. The predicted octanol–water partition coefficient (Wildman–Crippen LogP) is 1.37. The van der Waals surface area contributed by atoms with Crippen molar-refractivity contribution in [1.82, 2.24) is 9.62 Å². The van der Waals surface area contributed by atoms with Crippen molar-refractivity contribution in [3.63, 3.8) is 0 Å². The second-order valence-electron chi connectivity index (χ2n) is 10.3. The zero-order chi connectivity index (χ0) is 27.0. The van der Waals surface area contributed by atoms with Crippen molar-refractivity contribution in [3.05, 3.63) is 48.0 Å². The Hall–Kier alpha value is -2.22. The van der Waals surface area contributed by atoms with Crippen LogP contribution in [0.3, 0.4) is 0 Å². The maximum absolute atomic E-state index is 13.2. The highest BCUT2D eigenvalue weighted by Crippen LogP contribution is 2.38. The summed E-state index contributed by atoms with van der Waals surface area (Å²) in [7, 11) is -6.92. The third-order valence-electron chi connectivity index (χ3n) is 7.46. The highest BCUT2D eigenvalue weighted by Gasteiger charge is 2.44. The van der Waals surface area contributed by atoms with E-state index >= 15 is 0 Å². The van der Waals surface area contributed by atoms with Gasteiger partial charge in [0.1, 0.15) is 24.2 Å². The number of aliphatic hydroxyl groups excluding tert-OH is 1. The SMILES string of the molecule is CS(=O)(=O)c1cccc(OC[C@@H](O)CNC2COC3(CCN(S(=O)(=O)c4ccc5c(c4)CCO5)CC3)C2)c1. The number of aliphatic hydroxyl groups is 1. The van der Waals surface area contributed by atoms with E-state index in [9.17, 15) is 21.9 Å². The standard InChI is InChI=1S/C26H34N2O8S2/c1-37(30,31)23-4-2-3-22(14-23)35-18-21(29)16-27-20-15-26(36-17-20)8-10-28(11-9-26)38(32,33)24-5-6-25-19(13-24)7-12-34-25/h2-6,13-14,20-21,27,29H,7-12,15-18H2,1H3/t20?,21-/m0/s1. The molecule has 0 aromatic heterocycles. The molecule has 2 saturated heterocycles. The minimum atomic E-state index is -3.58. The molecule has 3 aliphatic rings. The van der Waals surface area contributed by atoms with Crippen LogP contribution >= 0.6 is 0 Å². The number of sulfone groups is 1. The number of sulfonamides is 1. The van der Waals surface area contributed by atoms with E-state index in [0.29, 0.717) is 56.3 Å². The van der Waals surface area contributed by atoms with Gasteiger partial charge in [0.05, 0.1) is 28.6 Å². The van der Waals surface area contributed by atoms with Crippen molar-refractivity contribution >= 4 is 19.9 Å². The van der Waals surface area contributed by atoms with E-state index in [1.807, 2.05) is 0 Å². The minimum Gasteiger partial charge on any atom is -0.493 e. The van der Waals surface area contributed by atoms with Crippen LogP contribution in [0.15, 0.2) is 52.3 Å². The normalized spacial score (nSPS) is 22.2. The Labute approximate surface area is 223 Å². The van der Waals surface area contributed by atoms with Crippen LogP contribution in [0.5, 0.6) is 11.5 Å². The third-order valence-corrected chi connectivity index (χ3v) is 10.5. The van der Waals surface area contributed by atoms with E-state index in [0.717, 1.165) is 30.4 Å². The van der Waals surface area contributed by atoms with Crippen LogP contribution in [-0.4, -0.2) is 89.7 Å². The summed E-state index contributed by atoms with van der Waals surface area (Å²) in [6.07, 6.45) is 3.02. The van der Waals surface area contributed by atoms with Gasteiger partial charge in [-0.3, -0.25) is 0 Å². The zero-order valence-electron chi connectivity index (χ0n) is 21.3. The lowest BCUT2D eigenvalue weighted by atomic mass is 9.88. The fourth-order valence-electron chi connectivity index (χ4n) is 5.28. The van der Waals surface area contributed by atoms with Crippen molar-refractivity contribution in [2.24, 2.45) is 0 Å². The molecule has 2 atom stereocenters. The van der Waals surface area contributed by atoms with Gasteiger partial charge < -0.3 is 24.6 Å². The van der Waals surface area contributed by atoms with Gasteiger partial charge in [-0.1, -0.05) is 6.07 Å². The molecule has 10 nitrogen and oxygen atoms in total. The Bertz CT molecular complexity index is 1370. The Morgan fingerprint density at radius 1 is 1.13 bits per heavy atom. The molecule has 0 saturated carbocycles. The second kappa shape index (κ2) is 10.7. The number of ether oxygens (including phenoxy) is 3. The Kier molecular flexibility index (Phi) is 7.73. The van der Waals surface area contributed by atoms with E-state index in [2.05, 4.69) is 5.32 Å². The smallest absolute Gasteiger partial charge is 0.243 e. The van der Waals surface area contributed by atoms with Crippen LogP contribution in [0.4, 0.5) is 0 Å². The molecule has 2 aromatic carbocycles. The number of hydrogen-bond acceptors (Lipinski definition) is 9. The van der Waals surface area contributed by atoms with E-state index in [4.69, 9.17) is 14.2 Å². The summed E-state index contributed by atoms with van der Waals surface area (Å²) in [6.45, 7) is 2.17. The zero-order valence-corrected chi connectivity index (χ0v) is 23.0. The molecule has 5 rings (SSSR count). The number of fused-ring (bicyclic) bond motifs is 1. The number of benzene rings is 2. The van der Waals surface area contributed by atoms with Crippen molar-refractivity contribution in [3.8, 4) is 11.5 Å². The fourth-order valence-corrected chi connectivity index (χ4v) is 7.43. The van der Waals surface area contributed by atoms with Crippen molar-refractivity contribution in [2.45, 2.75) is 53.2 Å². The summed E-state index contributed by atoms with van der Waals surface area (Å²) in [5.74, 6) is 1.14. The quantitative estimate of drug-likeness (QED) is 0.462. The van der Waals surface area contributed by atoms with Crippen LogP contribution in [0, 0.1) is 0 Å². The molecule has 208 valence electrons. The monoisotopic (exact) mass is 566 g/mol. The molecular weight excluding hydrogens is 532 g/mol. The summed E-state index contributed by atoms with van der Waals surface area (Å²) in [5, 5.41) is 13.7. The van der Waals surface area contributed by atoms with Crippen LogP contribution in [0.25, 0.3) is 0 Å². The Balaban J connectivity index is 1.08. The van der Waals surface area contributed by atoms with Crippen molar-refractivity contribution in [2.75, 3.05) is 45.7 Å². The topological polar surface area (TPSA) is 131 Å². The Morgan fingerprint density at radius 2 is 1.92 bits per heavy atom. The molecule has 1 spiro atoms. The van der Waals surface area contributed by atoms with E-state index in [1.54, 1.807) is 34.6 Å². The van der Waals surface area contributed by atoms with Crippen molar-refractivity contribution in [1.29, 1.82) is 0 Å². The molecule has 0 bridgehead atoms. The summed E-state index contributed by atoms with van der Waals surface area (Å²) >= 11 is 0. The second-order valence-corrected chi connectivity index (χ2v) is 14.2. The molecule has 3 heterocycles. The molecule has 2 fully saturated rings. The lowest BCUT2D eigenvalue weighted by molar-refractivity contribution is -0.0312. The van der Waals surface area contributed by atoms with E-state index in [1.165, 1.54) is 12.1 Å². The van der Waals surface area contributed by atoms with Gasteiger partial charge in [0.2, 0.25) is 10.0 Å². The van der Waals surface area contributed by atoms with Gasteiger partial charge in [-0.2, -0.15) is 4.31 Å². The number of nitrogens with zero attached hydrogens (tertiary/aromatic N) is 1. The van der Waals surface area contributed by atoms with Crippen LogP contribution in [0.1, 0.15) is 24.8 Å². The summed E-state index contributed by atoms with van der Waals surface area (Å²) in [4.78, 5) is 0.473. The van der Waals surface area contributed by atoms with Crippen LogP contribution in [-0.2, 0) is 31.0 Å². The lowest BCUT2D eigenvalue weighted by Crippen LogP contribution is -2.47. The van der Waals surface area contributed by atoms with Gasteiger partial charge in [0.25, 0.3) is 0 Å². The first-order valence-electron chi connectivity index (χ1n) is 12.8. The Morgan fingerprint density at radius 3 is 2.68 bits per heavy atom. The molecule has 1 unspecified atom stereocenters. The molecule has 2 aromatic rings. The first kappa shape index (κ1) is 27.4. The first-order chi connectivity index (χ1) is 18.0. The van der Waals surface area contributed by atoms with Gasteiger partial charge in [-0.05, 0) is 61.2 Å². The predicted molar refractivity (Wildman–Crippen MR) is 140 cm³/mol. The first-order valence-corrected chi connectivity index (χ1v) is 16.1. The average molecular weight is 567 g/mol. The summed E-state index contributed by atoms with van der Waals surface area (Å²) in [6, 6.07) is 11.3.